The van der Waals surface area contributed by atoms with Crippen LogP contribution in [0.15, 0.2) is 85.2 Å². The molecule has 3 N–H and O–H groups in total. The first kappa shape index (κ1) is 28.7. The molecule has 8 heteroatoms. The average Bonchev–Trinajstić information content (AvgIpc) is 2.88. The van der Waals surface area contributed by atoms with Gasteiger partial charge in [-0.05, 0) is 57.2 Å². The highest BCUT2D eigenvalue weighted by molar-refractivity contribution is 5.68. The molecule has 8 nitrogen and oxygen atoms in total. The summed E-state index contributed by atoms with van der Waals surface area (Å²) in [6.45, 7) is 5.43. The topological polar surface area (TPSA) is 110 Å². The number of hydrogen-bond acceptors (Lipinski definition) is 6. The number of rotatable bonds is 11. The van der Waals surface area contributed by atoms with Gasteiger partial charge in [0.2, 0.25) is 0 Å². The third-order valence-electron chi connectivity index (χ3n) is 5.73. The van der Waals surface area contributed by atoms with Crippen LogP contribution in [0.5, 0.6) is 0 Å². The van der Waals surface area contributed by atoms with Crippen molar-refractivity contribution < 1.29 is 24.2 Å². The van der Waals surface area contributed by atoms with Crippen LogP contribution in [-0.2, 0) is 28.9 Å². The van der Waals surface area contributed by atoms with Gasteiger partial charge in [0, 0.05) is 24.0 Å². The highest BCUT2D eigenvalue weighted by Gasteiger charge is 2.28. The van der Waals surface area contributed by atoms with Gasteiger partial charge in [-0.3, -0.25) is 4.98 Å². The van der Waals surface area contributed by atoms with Crippen LogP contribution in [0.3, 0.4) is 0 Å². The Morgan fingerprint density at radius 3 is 2.03 bits per heavy atom. The summed E-state index contributed by atoms with van der Waals surface area (Å²) in [6, 6.07) is 21.8. The van der Waals surface area contributed by atoms with E-state index in [4.69, 9.17) is 9.47 Å². The van der Waals surface area contributed by atoms with Crippen LogP contribution < -0.4 is 10.6 Å². The zero-order valence-corrected chi connectivity index (χ0v) is 22.2. The molecule has 1 heterocycles. The number of hydrogen-bond donors (Lipinski definition) is 3. The first-order chi connectivity index (χ1) is 18.2. The molecular formula is C30H37N3O5. The predicted molar refractivity (Wildman–Crippen MR) is 145 cm³/mol. The molecule has 0 aliphatic rings. The van der Waals surface area contributed by atoms with Crippen LogP contribution in [0.4, 0.5) is 9.59 Å². The normalized spacial score (nSPS) is 13.6. The Labute approximate surface area is 224 Å². The van der Waals surface area contributed by atoms with E-state index in [1.165, 1.54) is 0 Å². The van der Waals surface area contributed by atoms with Gasteiger partial charge < -0.3 is 25.2 Å². The molecule has 1 aromatic heterocycles. The maximum atomic E-state index is 12.7. The van der Waals surface area contributed by atoms with Crippen molar-refractivity contribution in [1.82, 2.24) is 15.6 Å². The smallest absolute Gasteiger partial charge is 0.407 e. The van der Waals surface area contributed by atoms with Crippen molar-refractivity contribution >= 4 is 12.2 Å². The summed E-state index contributed by atoms with van der Waals surface area (Å²) in [5.41, 5.74) is 2.04. The van der Waals surface area contributed by atoms with E-state index in [1.54, 1.807) is 39.2 Å². The Morgan fingerprint density at radius 2 is 1.45 bits per heavy atom. The Kier molecular flexibility index (Phi) is 10.7. The van der Waals surface area contributed by atoms with Crippen LogP contribution >= 0.6 is 0 Å². The number of amides is 2. The molecule has 0 bridgehead atoms. The van der Waals surface area contributed by atoms with Crippen molar-refractivity contribution in [3.63, 3.8) is 0 Å². The van der Waals surface area contributed by atoms with Crippen LogP contribution in [-0.4, -0.2) is 46.1 Å². The van der Waals surface area contributed by atoms with Crippen molar-refractivity contribution in [2.24, 2.45) is 0 Å². The summed E-state index contributed by atoms with van der Waals surface area (Å²) in [6.07, 6.45) is 2.16. The van der Waals surface area contributed by atoms with Gasteiger partial charge in [-0.1, -0.05) is 66.7 Å². The van der Waals surface area contributed by atoms with E-state index in [0.717, 1.165) is 16.7 Å². The Hall–Kier alpha value is -3.91. The molecule has 0 radical (unpaired) electrons. The standard InChI is InChI=1S/C30H37N3O5/c1-30(2,3)38-29(36)33-26(18-23-13-8-5-9-14-23)27(34)19-25(17-22-11-6-4-7-12-22)32-28(35)37-21-24-15-10-16-31-20-24/h4-16,20,25-27,34H,17-19,21H2,1-3H3,(H,32,35)(H,33,36). The molecule has 0 saturated heterocycles. The number of nitrogens with one attached hydrogen (secondary N) is 2. The van der Waals surface area contributed by atoms with E-state index in [1.807, 2.05) is 66.7 Å². The lowest BCUT2D eigenvalue weighted by Gasteiger charge is -2.29. The minimum Gasteiger partial charge on any atom is -0.445 e. The van der Waals surface area contributed by atoms with Crippen molar-refractivity contribution in [1.29, 1.82) is 0 Å². The van der Waals surface area contributed by atoms with Crippen LogP contribution in [0.25, 0.3) is 0 Å². The van der Waals surface area contributed by atoms with Gasteiger partial charge in [-0.2, -0.15) is 0 Å². The van der Waals surface area contributed by atoms with E-state index < -0.39 is 36.0 Å². The van der Waals surface area contributed by atoms with Gasteiger partial charge in [-0.25, -0.2) is 9.59 Å². The van der Waals surface area contributed by atoms with Gasteiger partial charge in [0.05, 0.1) is 12.1 Å². The molecule has 2 amide bonds. The molecule has 2 aromatic carbocycles. The molecule has 38 heavy (non-hydrogen) atoms. The minimum atomic E-state index is -0.977. The van der Waals surface area contributed by atoms with E-state index in [0.29, 0.717) is 12.8 Å². The number of ether oxygens (including phenoxy) is 2. The molecule has 3 unspecified atom stereocenters. The maximum Gasteiger partial charge on any atom is 0.407 e. The van der Waals surface area contributed by atoms with Gasteiger partial charge in [0.1, 0.15) is 12.2 Å². The van der Waals surface area contributed by atoms with E-state index in [-0.39, 0.29) is 13.0 Å². The molecule has 0 aliphatic heterocycles. The van der Waals surface area contributed by atoms with Gasteiger partial charge in [0.15, 0.2) is 0 Å². The summed E-state index contributed by atoms with van der Waals surface area (Å²) < 4.78 is 10.8. The molecule has 0 fully saturated rings. The second kappa shape index (κ2) is 14.1. The second-order valence-corrected chi connectivity index (χ2v) is 10.2. The molecule has 3 rings (SSSR count). The number of aliphatic hydroxyl groups is 1. The average molecular weight is 520 g/mol. The minimum absolute atomic E-state index is 0.0805. The number of carbonyl (C=O) groups is 2. The largest absolute Gasteiger partial charge is 0.445 e. The number of nitrogens with zero attached hydrogens (tertiary/aromatic N) is 1. The lowest BCUT2D eigenvalue weighted by Crippen LogP contribution is -2.49. The molecule has 0 aliphatic carbocycles. The predicted octanol–water partition coefficient (Wildman–Crippen LogP) is 4.81. The maximum absolute atomic E-state index is 12.7. The SMILES string of the molecule is CC(C)(C)OC(=O)NC(Cc1ccccc1)C(O)CC(Cc1ccccc1)NC(=O)OCc1cccnc1. The third-order valence-corrected chi connectivity index (χ3v) is 5.73. The molecular weight excluding hydrogens is 482 g/mol. The van der Waals surface area contributed by atoms with E-state index in [9.17, 15) is 14.7 Å². The Balaban J connectivity index is 1.72. The number of aliphatic hydroxyl groups excluding tert-OH is 1. The lowest BCUT2D eigenvalue weighted by molar-refractivity contribution is 0.0397. The summed E-state index contributed by atoms with van der Waals surface area (Å²) >= 11 is 0. The molecule has 3 aromatic rings. The Morgan fingerprint density at radius 1 is 0.842 bits per heavy atom. The number of benzene rings is 2. The highest BCUT2D eigenvalue weighted by atomic mass is 16.6. The van der Waals surface area contributed by atoms with Gasteiger partial charge >= 0.3 is 12.2 Å². The fourth-order valence-corrected chi connectivity index (χ4v) is 4.00. The van der Waals surface area contributed by atoms with Gasteiger partial charge in [-0.15, -0.1) is 0 Å². The number of alkyl carbamates (subject to hydrolysis) is 2. The molecule has 0 spiro atoms. The first-order valence-electron chi connectivity index (χ1n) is 12.8. The van der Waals surface area contributed by atoms with Crippen molar-refractivity contribution in [3.8, 4) is 0 Å². The number of aromatic nitrogens is 1. The monoisotopic (exact) mass is 519 g/mol. The summed E-state index contributed by atoms with van der Waals surface area (Å²) in [5.74, 6) is 0. The number of carbonyl (C=O) groups excluding carboxylic acids is 2. The lowest BCUT2D eigenvalue weighted by atomic mass is 9.94. The summed E-state index contributed by atoms with van der Waals surface area (Å²) in [4.78, 5) is 29.3. The summed E-state index contributed by atoms with van der Waals surface area (Å²) in [5, 5.41) is 17.0. The summed E-state index contributed by atoms with van der Waals surface area (Å²) in [7, 11) is 0. The molecule has 3 atom stereocenters. The first-order valence-corrected chi connectivity index (χ1v) is 12.8. The van der Waals surface area contributed by atoms with E-state index >= 15 is 0 Å². The molecule has 202 valence electrons. The fourth-order valence-electron chi connectivity index (χ4n) is 4.00. The van der Waals surface area contributed by atoms with Crippen LogP contribution in [0, 0.1) is 0 Å². The highest BCUT2D eigenvalue weighted by Crippen LogP contribution is 2.15. The van der Waals surface area contributed by atoms with E-state index in [2.05, 4.69) is 15.6 Å². The molecule has 0 saturated carbocycles. The van der Waals surface area contributed by atoms with Crippen LogP contribution in [0.1, 0.15) is 43.9 Å². The zero-order valence-electron chi connectivity index (χ0n) is 22.2. The fraction of sp³-hybridized carbons (Fsp3) is 0.367. The zero-order chi connectivity index (χ0) is 27.4. The van der Waals surface area contributed by atoms with Crippen molar-refractivity contribution in [2.45, 2.75) is 70.4 Å². The Bertz CT molecular complexity index is 1120. The second-order valence-electron chi connectivity index (χ2n) is 10.2. The van der Waals surface area contributed by atoms with Crippen molar-refractivity contribution in [2.75, 3.05) is 0 Å². The number of pyridine rings is 1. The quantitative estimate of drug-likeness (QED) is 0.336. The van der Waals surface area contributed by atoms with Crippen LogP contribution in [0.2, 0.25) is 0 Å². The third kappa shape index (κ3) is 10.6. The van der Waals surface area contributed by atoms with Crippen molar-refractivity contribution in [3.05, 3.63) is 102 Å². The van der Waals surface area contributed by atoms with Gasteiger partial charge in [0.25, 0.3) is 0 Å².